The minimum Gasteiger partial charge on any atom is -0.373 e. The molecule has 0 unspecified atom stereocenters. The molecule has 1 heterocycles. The van der Waals surface area contributed by atoms with Crippen molar-refractivity contribution in [3.05, 3.63) is 54.1 Å². The average Bonchev–Trinajstić information content (AvgIpc) is 2.87. The lowest BCUT2D eigenvalue weighted by Crippen LogP contribution is -2.42. The summed E-state index contributed by atoms with van der Waals surface area (Å²) in [4.78, 5) is 27.8. The van der Waals surface area contributed by atoms with Crippen LogP contribution in [0.5, 0.6) is 0 Å². The molecule has 0 fully saturated rings. The molecular formula is C21H26N4O4S. The number of rotatable bonds is 5. The first-order valence-electron chi connectivity index (χ1n) is 9.59. The van der Waals surface area contributed by atoms with E-state index in [0.29, 0.717) is 25.3 Å². The number of benzene rings is 2. The van der Waals surface area contributed by atoms with Crippen LogP contribution in [0.25, 0.3) is 0 Å². The Balaban J connectivity index is 1.71. The summed E-state index contributed by atoms with van der Waals surface area (Å²) < 4.78 is 26.8. The standard InChI is InChI=1S/C21H26N4O4S/c1-16(26)22-18-8-10-19(11-9-18)30(28,29)24(3)15-21(27)25-13-12-23(2)20-7-5-4-6-17(20)14-25/h4-11H,12-15H2,1-3H3,(H,22,26). The van der Waals surface area contributed by atoms with Crippen molar-refractivity contribution in [1.29, 1.82) is 0 Å². The van der Waals surface area contributed by atoms with Crippen molar-refractivity contribution >= 4 is 33.2 Å². The second-order valence-electron chi connectivity index (χ2n) is 7.33. The van der Waals surface area contributed by atoms with Crippen molar-refractivity contribution in [1.82, 2.24) is 9.21 Å². The number of hydrogen-bond donors (Lipinski definition) is 1. The number of hydrogen-bond acceptors (Lipinski definition) is 5. The van der Waals surface area contributed by atoms with Gasteiger partial charge in [0.05, 0.1) is 11.4 Å². The molecule has 0 aromatic heterocycles. The molecule has 3 rings (SSSR count). The molecule has 8 nitrogen and oxygen atoms in total. The predicted octanol–water partition coefficient (Wildman–Crippen LogP) is 1.74. The normalized spacial score (nSPS) is 14.3. The van der Waals surface area contributed by atoms with Crippen LogP contribution in [0.1, 0.15) is 12.5 Å². The van der Waals surface area contributed by atoms with Gasteiger partial charge in [0, 0.05) is 52.0 Å². The van der Waals surface area contributed by atoms with Gasteiger partial charge in [-0.25, -0.2) is 8.42 Å². The molecule has 2 aromatic rings. The molecule has 0 aliphatic carbocycles. The Bertz CT molecular complexity index is 1040. The van der Waals surface area contributed by atoms with Gasteiger partial charge < -0.3 is 15.1 Å². The van der Waals surface area contributed by atoms with Crippen LogP contribution in [0, 0.1) is 0 Å². The first kappa shape index (κ1) is 21.8. The van der Waals surface area contributed by atoms with E-state index in [9.17, 15) is 18.0 Å². The Hall–Kier alpha value is -2.91. The van der Waals surface area contributed by atoms with E-state index in [1.54, 1.807) is 4.90 Å². The second-order valence-corrected chi connectivity index (χ2v) is 9.38. The van der Waals surface area contributed by atoms with Crippen molar-refractivity contribution in [2.45, 2.75) is 18.4 Å². The van der Waals surface area contributed by atoms with E-state index in [-0.39, 0.29) is 23.3 Å². The highest BCUT2D eigenvalue weighted by molar-refractivity contribution is 7.89. The number of sulfonamides is 1. The summed E-state index contributed by atoms with van der Waals surface area (Å²) in [5.74, 6) is -0.487. The highest BCUT2D eigenvalue weighted by atomic mass is 32.2. The molecule has 1 N–H and O–H groups in total. The lowest BCUT2D eigenvalue weighted by Gasteiger charge is -2.24. The van der Waals surface area contributed by atoms with E-state index in [0.717, 1.165) is 15.6 Å². The van der Waals surface area contributed by atoms with E-state index < -0.39 is 10.0 Å². The molecule has 0 spiro atoms. The van der Waals surface area contributed by atoms with Crippen LogP contribution in [0.3, 0.4) is 0 Å². The molecule has 1 aliphatic heterocycles. The number of anilines is 2. The Morgan fingerprint density at radius 2 is 1.73 bits per heavy atom. The van der Waals surface area contributed by atoms with Gasteiger partial charge in [0.15, 0.2) is 0 Å². The molecule has 0 bridgehead atoms. The summed E-state index contributed by atoms with van der Waals surface area (Å²) in [5.41, 5.74) is 2.62. The minimum absolute atomic E-state index is 0.0628. The lowest BCUT2D eigenvalue weighted by molar-refractivity contribution is -0.131. The summed E-state index contributed by atoms with van der Waals surface area (Å²) in [7, 11) is -0.460. The number of nitrogens with zero attached hydrogens (tertiary/aromatic N) is 3. The van der Waals surface area contributed by atoms with Gasteiger partial charge in [0.1, 0.15) is 0 Å². The molecule has 0 atom stereocenters. The van der Waals surface area contributed by atoms with Gasteiger partial charge in [-0.2, -0.15) is 4.31 Å². The van der Waals surface area contributed by atoms with E-state index in [1.165, 1.54) is 38.2 Å². The van der Waals surface area contributed by atoms with Crippen LogP contribution in [-0.4, -0.2) is 63.2 Å². The average molecular weight is 431 g/mol. The molecule has 160 valence electrons. The molecule has 9 heteroatoms. The second kappa shape index (κ2) is 8.85. The van der Waals surface area contributed by atoms with Gasteiger partial charge in [-0.3, -0.25) is 9.59 Å². The Kier molecular flexibility index (Phi) is 6.42. The van der Waals surface area contributed by atoms with Gasteiger partial charge in [-0.1, -0.05) is 18.2 Å². The smallest absolute Gasteiger partial charge is 0.243 e. The maximum Gasteiger partial charge on any atom is 0.243 e. The quantitative estimate of drug-likeness (QED) is 0.781. The third-order valence-electron chi connectivity index (χ3n) is 5.06. The third kappa shape index (κ3) is 4.80. The van der Waals surface area contributed by atoms with Crippen LogP contribution in [-0.2, 0) is 26.2 Å². The van der Waals surface area contributed by atoms with Gasteiger partial charge in [0.2, 0.25) is 21.8 Å². The summed E-state index contributed by atoms with van der Waals surface area (Å²) in [5, 5.41) is 2.59. The first-order chi connectivity index (χ1) is 14.2. The number of carbonyl (C=O) groups excluding carboxylic acids is 2. The Morgan fingerprint density at radius 1 is 1.07 bits per heavy atom. The topological polar surface area (TPSA) is 90.0 Å². The first-order valence-corrected chi connectivity index (χ1v) is 11.0. The zero-order valence-corrected chi connectivity index (χ0v) is 18.1. The van der Waals surface area contributed by atoms with Gasteiger partial charge in [-0.15, -0.1) is 0 Å². The Morgan fingerprint density at radius 3 is 2.40 bits per heavy atom. The van der Waals surface area contributed by atoms with Gasteiger partial charge in [-0.05, 0) is 35.9 Å². The number of para-hydroxylation sites is 1. The molecule has 1 aliphatic rings. The fourth-order valence-electron chi connectivity index (χ4n) is 3.37. The van der Waals surface area contributed by atoms with Crippen molar-refractivity contribution in [2.24, 2.45) is 0 Å². The maximum absolute atomic E-state index is 12.9. The van der Waals surface area contributed by atoms with E-state index in [1.807, 2.05) is 31.3 Å². The zero-order chi connectivity index (χ0) is 21.9. The fourth-order valence-corrected chi connectivity index (χ4v) is 4.49. The molecule has 0 saturated carbocycles. The summed E-state index contributed by atoms with van der Waals surface area (Å²) >= 11 is 0. The number of carbonyl (C=O) groups is 2. The largest absolute Gasteiger partial charge is 0.373 e. The summed E-state index contributed by atoms with van der Waals surface area (Å²) in [6.45, 7) is 2.76. The van der Waals surface area contributed by atoms with Crippen molar-refractivity contribution in [3.63, 3.8) is 0 Å². The van der Waals surface area contributed by atoms with Crippen molar-refractivity contribution < 1.29 is 18.0 Å². The van der Waals surface area contributed by atoms with E-state index in [4.69, 9.17) is 0 Å². The van der Waals surface area contributed by atoms with Gasteiger partial charge >= 0.3 is 0 Å². The molecule has 0 radical (unpaired) electrons. The van der Waals surface area contributed by atoms with Crippen molar-refractivity contribution in [2.75, 3.05) is 43.9 Å². The predicted molar refractivity (Wildman–Crippen MR) is 116 cm³/mol. The highest BCUT2D eigenvalue weighted by Gasteiger charge is 2.27. The van der Waals surface area contributed by atoms with E-state index >= 15 is 0 Å². The van der Waals surface area contributed by atoms with Crippen LogP contribution < -0.4 is 10.2 Å². The van der Waals surface area contributed by atoms with E-state index in [2.05, 4.69) is 10.2 Å². The number of likely N-dealkylation sites (N-methyl/N-ethyl adjacent to an activating group) is 2. The molecule has 0 saturated heterocycles. The maximum atomic E-state index is 12.9. The molecule has 2 aromatic carbocycles. The lowest BCUT2D eigenvalue weighted by atomic mass is 10.1. The summed E-state index contributed by atoms with van der Waals surface area (Å²) in [6, 6.07) is 13.8. The number of nitrogens with one attached hydrogen (secondary N) is 1. The summed E-state index contributed by atoms with van der Waals surface area (Å²) in [6.07, 6.45) is 0. The van der Waals surface area contributed by atoms with Crippen LogP contribution >= 0.6 is 0 Å². The molecule has 2 amide bonds. The fraction of sp³-hybridized carbons (Fsp3) is 0.333. The SMILES string of the molecule is CC(=O)Nc1ccc(S(=O)(=O)N(C)CC(=O)N2CCN(C)c3ccccc3C2)cc1. The number of fused-ring (bicyclic) bond motifs is 1. The zero-order valence-electron chi connectivity index (χ0n) is 17.3. The minimum atomic E-state index is -3.84. The van der Waals surface area contributed by atoms with Crippen molar-refractivity contribution in [3.8, 4) is 0 Å². The van der Waals surface area contributed by atoms with Gasteiger partial charge in [0.25, 0.3) is 0 Å². The monoisotopic (exact) mass is 430 g/mol. The molecular weight excluding hydrogens is 404 g/mol. The number of amides is 2. The van der Waals surface area contributed by atoms with Crippen LogP contribution in [0.2, 0.25) is 0 Å². The van der Waals surface area contributed by atoms with Crippen LogP contribution in [0.4, 0.5) is 11.4 Å². The highest BCUT2D eigenvalue weighted by Crippen LogP contribution is 2.24. The Labute approximate surface area is 177 Å². The van der Waals surface area contributed by atoms with Crippen LogP contribution in [0.15, 0.2) is 53.4 Å². The third-order valence-corrected chi connectivity index (χ3v) is 6.88. The molecule has 30 heavy (non-hydrogen) atoms.